The summed E-state index contributed by atoms with van der Waals surface area (Å²) in [6.07, 6.45) is 5.03. The largest absolute Gasteiger partial charge is 0.380 e. The lowest BCUT2D eigenvalue weighted by Gasteiger charge is -2.23. The second-order valence-corrected chi connectivity index (χ2v) is 9.10. The lowest BCUT2D eigenvalue weighted by Crippen LogP contribution is -2.42. The van der Waals surface area contributed by atoms with Crippen LogP contribution in [0.5, 0.6) is 0 Å². The van der Waals surface area contributed by atoms with Crippen LogP contribution in [0.4, 0.5) is 11.5 Å². The lowest BCUT2D eigenvalue weighted by molar-refractivity contribution is -0.132. The Morgan fingerprint density at radius 2 is 2.03 bits per heavy atom. The predicted octanol–water partition coefficient (Wildman–Crippen LogP) is 2.73. The van der Waals surface area contributed by atoms with Gasteiger partial charge in [-0.1, -0.05) is 12.1 Å². The van der Waals surface area contributed by atoms with E-state index in [-0.39, 0.29) is 18.0 Å². The predicted molar refractivity (Wildman–Crippen MR) is 133 cm³/mol. The average molecular weight is 472 g/mol. The van der Waals surface area contributed by atoms with E-state index in [1.165, 1.54) is 0 Å². The van der Waals surface area contributed by atoms with Crippen LogP contribution in [0, 0.1) is 11.3 Å². The number of benzene rings is 1. The Balaban J connectivity index is 1.26. The number of pyridine rings is 2. The number of anilines is 2. The van der Waals surface area contributed by atoms with Crippen LogP contribution < -0.4 is 10.6 Å². The second kappa shape index (κ2) is 10.3. The van der Waals surface area contributed by atoms with Gasteiger partial charge in [0.05, 0.1) is 18.1 Å². The number of hydrogen-bond donors (Lipinski definition) is 3. The summed E-state index contributed by atoms with van der Waals surface area (Å²) in [4.78, 5) is 25.4. The average Bonchev–Trinajstić information content (AvgIpc) is 3.54. The van der Waals surface area contributed by atoms with Crippen molar-refractivity contribution in [1.29, 1.82) is 5.26 Å². The van der Waals surface area contributed by atoms with E-state index < -0.39 is 6.23 Å². The Kier molecular flexibility index (Phi) is 6.75. The molecule has 0 bridgehead atoms. The summed E-state index contributed by atoms with van der Waals surface area (Å²) in [5.41, 5.74) is 2.34. The van der Waals surface area contributed by atoms with Crippen LogP contribution in [0.3, 0.4) is 0 Å². The van der Waals surface area contributed by atoms with Gasteiger partial charge in [0.25, 0.3) is 0 Å². The van der Waals surface area contributed by atoms with Crippen molar-refractivity contribution in [1.82, 2.24) is 19.8 Å². The highest BCUT2D eigenvalue weighted by molar-refractivity contribution is 5.94. The highest BCUT2D eigenvalue weighted by atomic mass is 16.3. The number of hydrogen-bond acceptors (Lipinski definition) is 8. The number of aliphatic hydroxyl groups is 1. The molecule has 2 aliphatic rings. The quantitative estimate of drug-likeness (QED) is 0.450. The second-order valence-electron chi connectivity index (χ2n) is 9.10. The first-order chi connectivity index (χ1) is 17.1. The van der Waals surface area contributed by atoms with E-state index in [9.17, 15) is 15.2 Å². The van der Waals surface area contributed by atoms with E-state index in [1.54, 1.807) is 23.4 Å². The number of amides is 1. The number of nitrogens with one attached hydrogen (secondary N) is 2. The molecule has 2 aromatic heterocycles. The van der Waals surface area contributed by atoms with Crippen molar-refractivity contribution < 1.29 is 9.90 Å². The molecule has 2 saturated heterocycles. The molecule has 5 rings (SSSR count). The molecule has 0 spiro atoms. The van der Waals surface area contributed by atoms with Gasteiger partial charge < -0.3 is 20.6 Å². The molecule has 1 amide bonds. The minimum absolute atomic E-state index is 0.0445. The first kappa shape index (κ1) is 23.0. The standard InChI is InChI=1S/C26H29N7O2/c27-15-19-5-4-13-33(19)24(34)17-32-14-10-18(16-32)30-22-9-8-21(25-20(22)6-3-12-29-25)26(35)31-23-7-1-2-11-28-23/h1-3,6-9,11-12,18-19,26,30,35H,4-5,10,13-14,16-17H2,(H,28,31)/t18-,19-,26?/m0/s1. The molecule has 0 saturated carbocycles. The van der Waals surface area contributed by atoms with Crippen molar-refractivity contribution in [3.63, 3.8) is 0 Å². The summed E-state index contributed by atoms with van der Waals surface area (Å²) in [6.45, 7) is 2.61. The number of carbonyl (C=O) groups excluding carboxylic acids is 1. The van der Waals surface area contributed by atoms with E-state index in [0.29, 0.717) is 24.5 Å². The number of aromatic nitrogens is 2. The number of carbonyl (C=O) groups is 1. The Hall–Kier alpha value is -3.74. The SMILES string of the molecule is N#C[C@@H]1CCCN1C(=O)CN1CC[C@H](Nc2ccc(C(O)Nc3ccccn3)c3ncccc23)C1. The van der Waals surface area contributed by atoms with Crippen molar-refractivity contribution in [3.05, 3.63) is 60.4 Å². The molecule has 1 unspecified atom stereocenters. The number of rotatable bonds is 7. The molecule has 4 heterocycles. The van der Waals surface area contributed by atoms with Crippen LogP contribution >= 0.6 is 0 Å². The van der Waals surface area contributed by atoms with E-state index in [4.69, 9.17) is 0 Å². The van der Waals surface area contributed by atoms with Crippen LogP contribution in [-0.4, -0.2) is 69.0 Å². The number of likely N-dealkylation sites (tertiary alicyclic amines) is 2. The summed E-state index contributed by atoms with van der Waals surface area (Å²) < 4.78 is 0. The van der Waals surface area contributed by atoms with Gasteiger partial charge in [0.2, 0.25) is 5.91 Å². The summed E-state index contributed by atoms with van der Waals surface area (Å²) in [5, 5.41) is 27.7. The van der Waals surface area contributed by atoms with Gasteiger partial charge in [0.15, 0.2) is 6.23 Å². The molecule has 1 aromatic carbocycles. The number of nitrogens with zero attached hydrogens (tertiary/aromatic N) is 5. The van der Waals surface area contributed by atoms with Crippen LogP contribution in [-0.2, 0) is 4.79 Å². The number of nitriles is 1. The fourth-order valence-corrected chi connectivity index (χ4v) is 5.00. The van der Waals surface area contributed by atoms with E-state index in [2.05, 4.69) is 31.6 Å². The van der Waals surface area contributed by atoms with Crippen molar-refractivity contribution in [2.24, 2.45) is 0 Å². The van der Waals surface area contributed by atoms with Gasteiger partial charge >= 0.3 is 0 Å². The van der Waals surface area contributed by atoms with Gasteiger partial charge in [-0.05, 0) is 49.6 Å². The van der Waals surface area contributed by atoms with Crippen molar-refractivity contribution in [2.75, 3.05) is 36.8 Å². The minimum atomic E-state index is -0.952. The van der Waals surface area contributed by atoms with Gasteiger partial charge in [-0.3, -0.25) is 14.7 Å². The summed E-state index contributed by atoms with van der Waals surface area (Å²) in [7, 11) is 0. The zero-order chi connectivity index (χ0) is 24.2. The summed E-state index contributed by atoms with van der Waals surface area (Å²) in [6, 6.07) is 15.4. The van der Waals surface area contributed by atoms with Gasteiger partial charge in [-0.25, -0.2) is 4.98 Å². The first-order valence-corrected chi connectivity index (χ1v) is 12.0. The topological polar surface area (TPSA) is 117 Å². The molecule has 9 heteroatoms. The maximum atomic E-state index is 12.7. The molecule has 0 aliphatic carbocycles. The Labute approximate surface area is 204 Å². The minimum Gasteiger partial charge on any atom is -0.380 e. The lowest BCUT2D eigenvalue weighted by atomic mass is 10.1. The van der Waals surface area contributed by atoms with Gasteiger partial charge in [0, 0.05) is 54.7 Å². The molecular formula is C26H29N7O2. The van der Waals surface area contributed by atoms with E-state index in [0.717, 1.165) is 48.9 Å². The maximum Gasteiger partial charge on any atom is 0.237 e. The molecule has 35 heavy (non-hydrogen) atoms. The van der Waals surface area contributed by atoms with E-state index >= 15 is 0 Å². The summed E-state index contributed by atoms with van der Waals surface area (Å²) in [5.74, 6) is 0.630. The zero-order valence-electron chi connectivity index (χ0n) is 19.5. The van der Waals surface area contributed by atoms with Crippen LogP contribution in [0.15, 0.2) is 54.9 Å². The molecule has 0 radical (unpaired) electrons. The normalized spacial score (nSPS) is 21.1. The molecule has 3 atom stereocenters. The first-order valence-electron chi connectivity index (χ1n) is 12.0. The van der Waals surface area contributed by atoms with Gasteiger partial charge in [0.1, 0.15) is 11.9 Å². The van der Waals surface area contributed by atoms with Gasteiger partial charge in [-0.2, -0.15) is 5.26 Å². The highest BCUT2D eigenvalue weighted by Crippen LogP contribution is 2.30. The molecule has 3 N–H and O–H groups in total. The van der Waals surface area contributed by atoms with Gasteiger partial charge in [-0.15, -0.1) is 0 Å². The smallest absolute Gasteiger partial charge is 0.237 e. The molecule has 9 nitrogen and oxygen atoms in total. The number of fused-ring (bicyclic) bond motifs is 1. The Morgan fingerprint density at radius 1 is 1.14 bits per heavy atom. The highest BCUT2D eigenvalue weighted by Gasteiger charge is 2.31. The zero-order valence-corrected chi connectivity index (χ0v) is 19.5. The maximum absolute atomic E-state index is 12.7. The molecular weight excluding hydrogens is 442 g/mol. The number of aliphatic hydroxyl groups excluding tert-OH is 1. The molecule has 3 aromatic rings. The van der Waals surface area contributed by atoms with Crippen molar-refractivity contribution in [3.8, 4) is 6.07 Å². The molecule has 2 fully saturated rings. The van der Waals surface area contributed by atoms with Crippen molar-refractivity contribution >= 4 is 28.3 Å². The molecule has 2 aliphatic heterocycles. The van der Waals surface area contributed by atoms with Crippen LogP contribution in [0.25, 0.3) is 10.9 Å². The molecule has 180 valence electrons. The van der Waals surface area contributed by atoms with Crippen molar-refractivity contribution in [2.45, 2.75) is 37.6 Å². The Bertz CT molecular complexity index is 1230. The third kappa shape index (κ3) is 5.04. The van der Waals surface area contributed by atoms with Crippen LogP contribution in [0.1, 0.15) is 31.1 Å². The van der Waals surface area contributed by atoms with Crippen LogP contribution in [0.2, 0.25) is 0 Å². The van der Waals surface area contributed by atoms with E-state index in [1.807, 2.05) is 36.4 Å². The monoisotopic (exact) mass is 471 g/mol. The Morgan fingerprint density at radius 3 is 2.86 bits per heavy atom. The third-order valence-corrected chi connectivity index (χ3v) is 6.76. The fourth-order valence-electron chi connectivity index (χ4n) is 5.00. The summed E-state index contributed by atoms with van der Waals surface area (Å²) >= 11 is 0. The fraction of sp³-hybridized carbons (Fsp3) is 0.385. The third-order valence-electron chi connectivity index (χ3n) is 6.76.